The predicted molar refractivity (Wildman–Crippen MR) is 45.0 cm³/mol. The molecule has 92 valence electrons. The molecule has 1 heterocycles. The SMILES string of the molecule is N#Cc1cnc(N)c(C(F)F)c1OC(F)(F)F. The van der Waals surface area contributed by atoms with Crippen LogP contribution in [0.3, 0.4) is 0 Å². The Morgan fingerprint density at radius 3 is 2.41 bits per heavy atom. The number of nitriles is 1. The fraction of sp³-hybridized carbons (Fsp3) is 0.250. The van der Waals surface area contributed by atoms with Crippen molar-refractivity contribution in [2.75, 3.05) is 5.73 Å². The van der Waals surface area contributed by atoms with Crippen LogP contribution in [0.2, 0.25) is 0 Å². The zero-order valence-electron chi connectivity index (χ0n) is 7.92. The summed E-state index contributed by atoms with van der Waals surface area (Å²) < 4.78 is 64.4. The molecule has 1 aromatic heterocycles. The highest BCUT2D eigenvalue weighted by Crippen LogP contribution is 2.38. The molecule has 0 atom stereocenters. The normalized spacial score (nSPS) is 11.4. The average molecular weight is 253 g/mol. The molecule has 2 N–H and O–H groups in total. The van der Waals surface area contributed by atoms with E-state index >= 15 is 0 Å². The Bertz CT molecular complexity index is 465. The van der Waals surface area contributed by atoms with Gasteiger partial charge in [-0.2, -0.15) is 5.26 Å². The Balaban J connectivity index is 3.42. The number of nitrogens with zero attached hydrogens (tertiary/aromatic N) is 2. The minimum atomic E-state index is -5.21. The van der Waals surface area contributed by atoms with E-state index in [1.165, 1.54) is 6.07 Å². The number of aromatic nitrogens is 1. The van der Waals surface area contributed by atoms with Crippen molar-refractivity contribution in [2.45, 2.75) is 12.8 Å². The number of ether oxygens (including phenoxy) is 1. The summed E-state index contributed by atoms with van der Waals surface area (Å²) >= 11 is 0. The number of halogens is 5. The van der Waals surface area contributed by atoms with E-state index < -0.39 is 35.5 Å². The van der Waals surface area contributed by atoms with Crippen molar-refractivity contribution in [1.82, 2.24) is 4.98 Å². The number of anilines is 1. The van der Waals surface area contributed by atoms with Gasteiger partial charge in [0.15, 0.2) is 5.75 Å². The van der Waals surface area contributed by atoms with Gasteiger partial charge in [-0.1, -0.05) is 0 Å². The average Bonchev–Trinajstić information content (AvgIpc) is 2.15. The van der Waals surface area contributed by atoms with Crippen LogP contribution in [0.25, 0.3) is 0 Å². The first-order valence-corrected chi connectivity index (χ1v) is 3.98. The number of rotatable bonds is 2. The van der Waals surface area contributed by atoms with Crippen molar-refractivity contribution >= 4 is 5.82 Å². The molecule has 1 aromatic rings. The van der Waals surface area contributed by atoms with Gasteiger partial charge in [-0.05, 0) is 0 Å². The smallest absolute Gasteiger partial charge is 0.404 e. The van der Waals surface area contributed by atoms with Gasteiger partial charge in [0.1, 0.15) is 23.0 Å². The summed E-state index contributed by atoms with van der Waals surface area (Å²) in [6.07, 6.45) is -7.92. The maximum absolute atomic E-state index is 12.5. The summed E-state index contributed by atoms with van der Waals surface area (Å²) in [7, 11) is 0. The van der Waals surface area contributed by atoms with E-state index in [1.807, 2.05) is 0 Å². The second kappa shape index (κ2) is 4.40. The predicted octanol–water partition coefficient (Wildman–Crippen LogP) is 2.37. The molecule has 4 nitrogen and oxygen atoms in total. The zero-order valence-corrected chi connectivity index (χ0v) is 7.92. The third-order valence-electron chi connectivity index (χ3n) is 1.65. The first kappa shape index (κ1) is 13.0. The Labute approximate surface area is 91.4 Å². The van der Waals surface area contributed by atoms with Crippen LogP contribution in [0.1, 0.15) is 17.6 Å². The molecule has 0 fully saturated rings. The molecule has 0 saturated carbocycles. The van der Waals surface area contributed by atoms with E-state index in [-0.39, 0.29) is 0 Å². The lowest BCUT2D eigenvalue weighted by Crippen LogP contribution is -2.20. The molecule has 0 radical (unpaired) electrons. The molecule has 0 bridgehead atoms. The van der Waals surface area contributed by atoms with Gasteiger partial charge in [-0.15, -0.1) is 13.2 Å². The van der Waals surface area contributed by atoms with Crippen LogP contribution in [-0.4, -0.2) is 11.3 Å². The number of pyridine rings is 1. The highest BCUT2D eigenvalue weighted by molar-refractivity contribution is 5.56. The Kier molecular flexibility index (Phi) is 3.36. The van der Waals surface area contributed by atoms with E-state index in [0.29, 0.717) is 6.20 Å². The lowest BCUT2D eigenvalue weighted by atomic mass is 10.1. The third-order valence-corrected chi connectivity index (χ3v) is 1.65. The minimum absolute atomic E-state index is 0.627. The van der Waals surface area contributed by atoms with E-state index in [0.717, 1.165) is 0 Å². The van der Waals surface area contributed by atoms with Gasteiger partial charge < -0.3 is 10.5 Å². The number of nitrogen functional groups attached to an aromatic ring is 1. The molecule has 0 aliphatic heterocycles. The molecule has 0 spiro atoms. The summed E-state index contributed by atoms with van der Waals surface area (Å²) in [5.74, 6) is -2.14. The second-order valence-electron chi connectivity index (χ2n) is 2.76. The molecule has 0 saturated heterocycles. The molecule has 0 aliphatic carbocycles. The van der Waals surface area contributed by atoms with Crippen LogP contribution in [0.15, 0.2) is 6.20 Å². The fourth-order valence-corrected chi connectivity index (χ4v) is 1.04. The van der Waals surface area contributed by atoms with E-state index in [9.17, 15) is 22.0 Å². The Hall–Kier alpha value is -2.11. The van der Waals surface area contributed by atoms with Gasteiger partial charge in [0.05, 0.1) is 6.20 Å². The van der Waals surface area contributed by atoms with Crippen molar-refractivity contribution in [3.05, 3.63) is 17.3 Å². The molecular formula is C8H4F5N3O. The van der Waals surface area contributed by atoms with Gasteiger partial charge in [-0.3, -0.25) is 0 Å². The van der Waals surface area contributed by atoms with E-state index in [2.05, 4.69) is 9.72 Å². The van der Waals surface area contributed by atoms with Crippen molar-refractivity contribution in [2.24, 2.45) is 0 Å². The summed E-state index contributed by atoms with van der Waals surface area (Å²) in [6.45, 7) is 0. The van der Waals surface area contributed by atoms with Crippen molar-refractivity contribution in [3.8, 4) is 11.8 Å². The minimum Gasteiger partial charge on any atom is -0.404 e. The molecule has 0 amide bonds. The topological polar surface area (TPSA) is 71.9 Å². The summed E-state index contributed by atoms with van der Waals surface area (Å²) in [6, 6.07) is 1.26. The van der Waals surface area contributed by atoms with Crippen molar-refractivity contribution in [3.63, 3.8) is 0 Å². The summed E-state index contributed by atoms with van der Waals surface area (Å²) in [4.78, 5) is 3.19. The molecule has 9 heteroatoms. The molecule has 0 aliphatic rings. The highest BCUT2D eigenvalue weighted by Gasteiger charge is 2.35. The number of hydrogen-bond acceptors (Lipinski definition) is 4. The van der Waals surface area contributed by atoms with Gasteiger partial charge in [0, 0.05) is 0 Å². The second-order valence-corrected chi connectivity index (χ2v) is 2.76. The molecule has 1 rings (SSSR count). The van der Waals surface area contributed by atoms with Gasteiger partial charge in [0.25, 0.3) is 6.43 Å². The van der Waals surface area contributed by atoms with Crippen LogP contribution in [0, 0.1) is 11.3 Å². The quantitative estimate of drug-likeness (QED) is 0.821. The standard InChI is InChI=1S/C8H4F5N3O/c9-6(10)4-5(17-8(11,12)13)3(1-14)2-16-7(4)15/h2,6H,(H2,15,16). The van der Waals surface area contributed by atoms with Crippen molar-refractivity contribution in [1.29, 1.82) is 5.26 Å². The molecular weight excluding hydrogens is 249 g/mol. The van der Waals surface area contributed by atoms with Crippen LogP contribution in [0.4, 0.5) is 27.8 Å². The maximum atomic E-state index is 12.5. The van der Waals surface area contributed by atoms with Crippen LogP contribution < -0.4 is 10.5 Å². The monoisotopic (exact) mass is 253 g/mol. The largest absolute Gasteiger partial charge is 0.573 e. The summed E-state index contributed by atoms with van der Waals surface area (Å²) in [5.41, 5.74) is 3.00. The van der Waals surface area contributed by atoms with Gasteiger partial charge in [0.2, 0.25) is 0 Å². The lowest BCUT2D eigenvalue weighted by Gasteiger charge is -2.14. The maximum Gasteiger partial charge on any atom is 0.573 e. The first-order valence-electron chi connectivity index (χ1n) is 3.98. The number of hydrogen-bond donors (Lipinski definition) is 1. The Morgan fingerprint density at radius 2 is 2.00 bits per heavy atom. The van der Waals surface area contributed by atoms with Gasteiger partial charge >= 0.3 is 6.36 Å². The molecule has 17 heavy (non-hydrogen) atoms. The van der Waals surface area contributed by atoms with Gasteiger partial charge in [-0.25, -0.2) is 13.8 Å². The van der Waals surface area contributed by atoms with E-state index in [1.54, 1.807) is 0 Å². The van der Waals surface area contributed by atoms with Crippen LogP contribution >= 0.6 is 0 Å². The first-order chi connectivity index (χ1) is 7.76. The van der Waals surface area contributed by atoms with Crippen LogP contribution in [-0.2, 0) is 0 Å². The number of nitrogens with two attached hydrogens (primary N) is 1. The lowest BCUT2D eigenvalue weighted by molar-refractivity contribution is -0.275. The Morgan fingerprint density at radius 1 is 1.41 bits per heavy atom. The molecule has 0 aromatic carbocycles. The summed E-state index contributed by atoms with van der Waals surface area (Å²) in [5, 5.41) is 8.49. The highest BCUT2D eigenvalue weighted by atomic mass is 19.4. The van der Waals surface area contributed by atoms with E-state index in [4.69, 9.17) is 11.0 Å². The fourth-order valence-electron chi connectivity index (χ4n) is 1.04. The third kappa shape index (κ3) is 2.93. The van der Waals surface area contributed by atoms with Crippen LogP contribution in [0.5, 0.6) is 5.75 Å². The zero-order chi connectivity index (χ0) is 13.2. The van der Waals surface area contributed by atoms with Crippen molar-refractivity contribution < 1.29 is 26.7 Å². The number of alkyl halides is 5. The molecule has 0 unspecified atom stereocenters.